The summed E-state index contributed by atoms with van der Waals surface area (Å²) in [5.74, 6) is -0.346. The van der Waals surface area contributed by atoms with Gasteiger partial charge in [-0.3, -0.25) is 0 Å². The van der Waals surface area contributed by atoms with Gasteiger partial charge in [-0.15, -0.1) is 0 Å². The molecular formula is C17H21ClO2. The maximum atomic E-state index is 11.8. The van der Waals surface area contributed by atoms with Crippen LogP contribution in [0.1, 0.15) is 44.0 Å². The molecule has 0 saturated heterocycles. The molecule has 0 unspecified atom stereocenters. The average molecular weight is 293 g/mol. The SMILES string of the molecule is CC(C)=CCC/C(C)=C/COC(=O)c1cccc(Cl)c1. The van der Waals surface area contributed by atoms with E-state index in [0.717, 1.165) is 12.8 Å². The van der Waals surface area contributed by atoms with Crippen molar-refractivity contribution in [1.29, 1.82) is 0 Å². The second-order valence-electron chi connectivity index (χ2n) is 4.98. The molecule has 1 rings (SSSR count). The molecule has 0 atom stereocenters. The van der Waals surface area contributed by atoms with E-state index in [1.807, 2.05) is 13.0 Å². The molecule has 0 bridgehead atoms. The Morgan fingerprint density at radius 1 is 1.25 bits per heavy atom. The van der Waals surface area contributed by atoms with Crippen LogP contribution >= 0.6 is 11.6 Å². The van der Waals surface area contributed by atoms with E-state index in [9.17, 15) is 4.79 Å². The molecule has 3 heteroatoms. The molecule has 0 spiro atoms. The van der Waals surface area contributed by atoms with E-state index >= 15 is 0 Å². The lowest BCUT2D eigenvalue weighted by molar-refractivity contribution is 0.0549. The van der Waals surface area contributed by atoms with Gasteiger partial charge in [-0.1, -0.05) is 34.9 Å². The number of allylic oxidation sites excluding steroid dienone is 3. The first-order valence-corrected chi connectivity index (χ1v) is 7.08. The maximum absolute atomic E-state index is 11.8. The molecule has 0 saturated carbocycles. The summed E-state index contributed by atoms with van der Waals surface area (Å²) in [6.45, 7) is 6.52. The summed E-state index contributed by atoms with van der Waals surface area (Å²) < 4.78 is 5.19. The summed E-state index contributed by atoms with van der Waals surface area (Å²) in [6.07, 6.45) is 6.16. The Kier molecular flexibility index (Phi) is 7.10. The second kappa shape index (κ2) is 8.60. The summed E-state index contributed by atoms with van der Waals surface area (Å²) in [7, 11) is 0. The van der Waals surface area contributed by atoms with Crippen LogP contribution in [-0.4, -0.2) is 12.6 Å². The van der Waals surface area contributed by atoms with Crippen molar-refractivity contribution in [1.82, 2.24) is 0 Å². The van der Waals surface area contributed by atoms with Crippen molar-refractivity contribution in [3.63, 3.8) is 0 Å². The predicted molar refractivity (Wildman–Crippen MR) is 84.2 cm³/mol. The van der Waals surface area contributed by atoms with E-state index in [-0.39, 0.29) is 5.97 Å². The largest absolute Gasteiger partial charge is 0.458 e. The lowest BCUT2D eigenvalue weighted by Crippen LogP contribution is -2.05. The zero-order valence-corrected chi connectivity index (χ0v) is 13.0. The highest BCUT2D eigenvalue weighted by Crippen LogP contribution is 2.12. The van der Waals surface area contributed by atoms with E-state index in [0.29, 0.717) is 17.2 Å². The molecule has 0 aliphatic carbocycles. The van der Waals surface area contributed by atoms with Gasteiger partial charge in [0.1, 0.15) is 6.61 Å². The van der Waals surface area contributed by atoms with Gasteiger partial charge in [0, 0.05) is 5.02 Å². The van der Waals surface area contributed by atoms with E-state index in [1.165, 1.54) is 11.1 Å². The van der Waals surface area contributed by atoms with Crippen LogP contribution in [0.5, 0.6) is 0 Å². The molecule has 0 N–H and O–H groups in total. The lowest BCUT2D eigenvalue weighted by atomic mass is 10.1. The fourth-order valence-electron chi connectivity index (χ4n) is 1.65. The average Bonchev–Trinajstić information content (AvgIpc) is 2.38. The lowest BCUT2D eigenvalue weighted by Gasteiger charge is -2.04. The van der Waals surface area contributed by atoms with Gasteiger partial charge >= 0.3 is 5.97 Å². The highest BCUT2D eigenvalue weighted by molar-refractivity contribution is 6.30. The Morgan fingerprint density at radius 2 is 2.00 bits per heavy atom. The van der Waals surface area contributed by atoms with Gasteiger partial charge in [0.2, 0.25) is 0 Å². The quantitative estimate of drug-likeness (QED) is 0.533. The van der Waals surface area contributed by atoms with Crippen molar-refractivity contribution in [2.45, 2.75) is 33.6 Å². The van der Waals surface area contributed by atoms with Crippen molar-refractivity contribution in [2.24, 2.45) is 0 Å². The highest BCUT2D eigenvalue weighted by Gasteiger charge is 2.06. The zero-order chi connectivity index (χ0) is 15.0. The van der Waals surface area contributed by atoms with E-state index < -0.39 is 0 Å². The smallest absolute Gasteiger partial charge is 0.338 e. The number of benzene rings is 1. The Hall–Kier alpha value is -1.54. The third-order valence-corrected chi connectivity index (χ3v) is 3.03. The molecular weight excluding hydrogens is 272 g/mol. The normalized spacial score (nSPS) is 11.1. The number of halogens is 1. The van der Waals surface area contributed by atoms with Crippen LogP contribution in [0.4, 0.5) is 0 Å². The summed E-state index contributed by atoms with van der Waals surface area (Å²) in [5, 5.41) is 0.535. The summed E-state index contributed by atoms with van der Waals surface area (Å²) in [6, 6.07) is 6.76. The molecule has 108 valence electrons. The summed E-state index contributed by atoms with van der Waals surface area (Å²) >= 11 is 5.83. The molecule has 0 aliphatic heterocycles. The molecule has 20 heavy (non-hydrogen) atoms. The molecule has 0 aliphatic rings. The Morgan fingerprint density at radius 3 is 2.65 bits per heavy atom. The highest BCUT2D eigenvalue weighted by atomic mass is 35.5. The minimum atomic E-state index is -0.346. The number of carbonyl (C=O) groups excluding carboxylic acids is 1. The van der Waals surface area contributed by atoms with Gasteiger partial charge in [-0.05, 0) is 57.9 Å². The van der Waals surface area contributed by atoms with Gasteiger partial charge in [0.15, 0.2) is 0 Å². The third kappa shape index (κ3) is 6.58. The van der Waals surface area contributed by atoms with E-state index in [2.05, 4.69) is 19.9 Å². The first kappa shape index (κ1) is 16.5. The molecule has 0 radical (unpaired) electrons. The molecule has 0 heterocycles. The van der Waals surface area contributed by atoms with Crippen LogP contribution in [0.3, 0.4) is 0 Å². The van der Waals surface area contributed by atoms with Crippen molar-refractivity contribution in [3.05, 3.63) is 58.1 Å². The summed E-state index contributed by atoms with van der Waals surface area (Å²) in [4.78, 5) is 11.8. The van der Waals surface area contributed by atoms with Crippen LogP contribution in [0, 0.1) is 0 Å². The van der Waals surface area contributed by atoms with Crippen molar-refractivity contribution >= 4 is 17.6 Å². The Bertz CT molecular complexity index is 511. The number of ether oxygens (including phenoxy) is 1. The minimum absolute atomic E-state index is 0.298. The fraction of sp³-hybridized carbons (Fsp3) is 0.353. The van der Waals surface area contributed by atoms with Crippen LogP contribution in [0.2, 0.25) is 5.02 Å². The topological polar surface area (TPSA) is 26.3 Å². The second-order valence-corrected chi connectivity index (χ2v) is 5.42. The van der Waals surface area contributed by atoms with Gasteiger partial charge in [-0.2, -0.15) is 0 Å². The monoisotopic (exact) mass is 292 g/mol. The number of esters is 1. The number of rotatable bonds is 6. The molecule has 1 aromatic carbocycles. The third-order valence-electron chi connectivity index (χ3n) is 2.80. The maximum Gasteiger partial charge on any atom is 0.338 e. The Balaban J connectivity index is 2.39. The zero-order valence-electron chi connectivity index (χ0n) is 12.3. The van der Waals surface area contributed by atoms with Crippen LogP contribution in [-0.2, 0) is 4.74 Å². The fourth-order valence-corrected chi connectivity index (χ4v) is 1.84. The van der Waals surface area contributed by atoms with Crippen LogP contribution in [0.15, 0.2) is 47.6 Å². The number of carbonyl (C=O) groups is 1. The van der Waals surface area contributed by atoms with Gasteiger partial charge in [-0.25, -0.2) is 4.79 Å². The van der Waals surface area contributed by atoms with E-state index in [4.69, 9.17) is 16.3 Å². The van der Waals surface area contributed by atoms with Gasteiger partial charge < -0.3 is 4.74 Å². The number of hydrogen-bond acceptors (Lipinski definition) is 2. The molecule has 0 aromatic heterocycles. The molecule has 0 amide bonds. The molecule has 1 aromatic rings. The number of hydrogen-bond donors (Lipinski definition) is 0. The van der Waals surface area contributed by atoms with Crippen molar-refractivity contribution in [3.8, 4) is 0 Å². The molecule has 0 fully saturated rings. The first-order chi connectivity index (χ1) is 9.49. The van der Waals surface area contributed by atoms with Gasteiger partial charge in [0.05, 0.1) is 5.56 Å². The predicted octanol–water partition coefficient (Wildman–Crippen LogP) is 5.19. The first-order valence-electron chi connectivity index (χ1n) is 6.70. The van der Waals surface area contributed by atoms with Crippen LogP contribution < -0.4 is 0 Å². The van der Waals surface area contributed by atoms with Crippen LogP contribution in [0.25, 0.3) is 0 Å². The van der Waals surface area contributed by atoms with Crippen molar-refractivity contribution < 1.29 is 9.53 Å². The summed E-state index contributed by atoms with van der Waals surface area (Å²) in [5.41, 5.74) is 3.03. The molecule has 2 nitrogen and oxygen atoms in total. The standard InChI is InChI=1S/C17H21ClO2/c1-13(2)6-4-7-14(3)10-11-20-17(19)15-8-5-9-16(18)12-15/h5-6,8-10,12H,4,7,11H2,1-3H3/b14-10+. The van der Waals surface area contributed by atoms with Gasteiger partial charge in [0.25, 0.3) is 0 Å². The Labute approximate surface area is 126 Å². The minimum Gasteiger partial charge on any atom is -0.458 e. The van der Waals surface area contributed by atoms with Crippen molar-refractivity contribution in [2.75, 3.05) is 6.61 Å². The van der Waals surface area contributed by atoms with E-state index in [1.54, 1.807) is 24.3 Å².